The van der Waals surface area contributed by atoms with Crippen molar-refractivity contribution in [2.45, 2.75) is 19.4 Å². The van der Waals surface area contributed by atoms with Crippen LogP contribution in [-0.4, -0.2) is 66.9 Å². The van der Waals surface area contributed by atoms with Gasteiger partial charge in [-0.15, -0.1) is 0 Å². The lowest BCUT2D eigenvalue weighted by Crippen LogP contribution is -2.44. The number of esters is 1. The standard InChI is InChI=1S/C19H24N4O5/c1-12(24)22-16(8-13-9-21-15-7-5-4-6-14(13)15)19(27)28-11-18(26)23(3)10-17(25)20-2/h4-7,9,16,21H,8,10-11H2,1-3H3,(H,20,25)(H,22,24)/t16-/m0/s1. The minimum atomic E-state index is -0.936. The van der Waals surface area contributed by atoms with Gasteiger partial charge in [0.25, 0.3) is 5.91 Å². The average molecular weight is 388 g/mol. The Bertz CT molecular complexity index is 876. The summed E-state index contributed by atoms with van der Waals surface area (Å²) in [5.41, 5.74) is 1.76. The minimum absolute atomic E-state index is 0.142. The van der Waals surface area contributed by atoms with Crippen molar-refractivity contribution in [1.82, 2.24) is 20.5 Å². The number of nitrogens with one attached hydrogen (secondary N) is 3. The smallest absolute Gasteiger partial charge is 0.329 e. The van der Waals surface area contributed by atoms with E-state index in [1.165, 1.54) is 21.0 Å². The fraction of sp³-hybridized carbons (Fsp3) is 0.368. The molecule has 2 aromatic rings. The van der Waals surface area contributed by atoms with E-state index >= 15 is 0 Å². The topological polar surface area (TPSA) is 121 Å². The molecule has 3 amide bonds. The van der Waals surface area contributed by atoms with Gasteiger partial charge in [-0.3, -0.25) is 14.4 Å². The van der Waals surface area contributed by atoms with E-state index in [-0.39, 0.29) is 24.8 Å². The molecular weight excluding hydrogens is 364 g/mol. The van der Waals surface area contributed by atoms with Crippen LogP contribution in [0.15, 0.2) is 30.5 Å². The first kappa shape index (κ1) is 20.9. The van der Waals surface area contributed by atoms with Gasteiger partial charge in [-0.25, -0.2) is 4.79 Å². The average Bonchev–Trinajstić information content (AvgIpc) is 3.07. The molecule has 1 heterocycles. The minimum Gasteiger partial charge on any atom is -0.454 e. The van der Waals surface area contributed by atoms with E-state index in [1.807, 2.05) is 24.3 Å². The zero-order valence-electron chi connectivity index (χ0n) is 16.1. The lowest BCUT2D eigenvalue weighted by Gasteiger charge is -2.19. The van der Waals surface area contributed by atoms with Crippen molar-refractivity contribution in [2.75, 3.05) is 27.2 Å². The predicted octanol–water partition coefficient (Wildman–Crippen LogP) is -0.0373. The number of carbonyl (C=O) groups is 4. The van der Waals surface area contributed by atoms with Crippen LogP contribution in [0.25, 0.3) is 10.9 Å². The highest BCUT2D eigenvalue weighted by atomic mass is 16.5. The van der Waals surface area contributed by atoms with Gasteiger partial charge in [0.05, 0.1) is 6.54 Å². The van der Waals surface area contributed by atoms with E-state index in [0.717, 1.165) is 21.4 Å². The van der Waals surface area contributed by atoms with Gasteiger partial charge in [0, 0.05) is 44.5 Å². The second kappa shape index (κ2) is 9.54. The largest absolute Gasteiger partial charge is 0.454 e. The van der Waals surface area contributed by atoms with Crippen LogP contribution in [0.1, 0.15) is 12.5 Å². The number of aromatic amines is 1. The molecule has 0 aliphatic rings. The number of H-pyrrole nitrogens is 1. The molecule has 1 aromatic carbocycles. The van der Waals surface area contributed by atoms with Gasteiger partial charge < -0.3 is 25.3 Å². The van der Waals surface area contributed by atoms with Crippen LogP contribution in [0.2, 0.25) is 0 Å². The number of ether oxygens (including phenoxy) is 1. The monoisotopic (exact) mass is 388 g/mol. The zero-order valence-corrected chi connectivity index (χ0v) is 16.1. The molecule has 2 rings (SSSR count). The predicted molar refractivity (Wildman–Crippen MR) is 102 cm³/mol. The normalized spacial score (nSPS) is 11.5. The third kappa shape index (κ3) is 5.57. The van der Waals surface area contributed by atoms with Crippen molar-refractivity contribution in [1.29, 1.82) is 0 Å². The van der Waals surface area contributed by atoms with Crippen molar-refractivity contribution < 1.29 is 23.9 Å². The summed E-state index contributed by atoms with van der Waals surface area (Å²) in [6, 6.07) is 6.66. The fourth-order valence-corrected chi connectivity index (χ4v) is 2.69. The Morgan fingerprint density at radius 2 is 1.93 bits per heavy atom. The maximum Gasteiger partial charge on any atom is 0.329 e. The van der Waals surface area contributed by atoms with E-state index in [0.29, 0.717) is 0 Å². The zero-order chi connectivity index (χ0) is 20.7. The Morgan fingerprint density at radius 3 is 2.61 bits per heavy atom. The number of rotatable bonds is 8. The Morgan fingerprint density at radius 1 is 1.21 bits per heavy atom. The summed E-state index contributed by atoms with van der Waals surface area (Å²) in [5, 5.41) is 5.90. The number of nitrogens with zero attached hydrogens (tertiary/aromatic N) is 1. The van der Waals surface area contributed by atoms with Gasteiger partial charge in [-0.05, 0) is 11.6 Å². The number of hydrogen-bond donors (Lipinski definition) is 3. The number of hydrogen-bond acceptors (Lipinski definition) is 5. The van der Waals surface area contributed by atoms with Crippen molar-refractivity contribution in [2.24, 2.45) is 0 Å². The Labute approximate surface area is 162 Å². The second-order valence-corrected chi connectivity index (χ2v) is 6.35. The summed E-state index contributed by atoms with van der Waals surface area (Å²) >= 11 is 0. The Kier molecular flexibility index (Phi) is 7.14. The van der Waals surface area contributed by atoms with Crippen LogP contribution in [0.5, 0.6) is 0 Å². The number of benzene rings is 1. The first-order chi connectivity index (χ1) is 13.3. The van der Waals surface area contributed by atoms with Crippen molar-refractivity contribution in [3.05, 3.63) is 36.0 Å². The van der Waals surface area contributed by atoms with Crippen molar-refractivity contribution in [3.63, 3.8) is 0 Å². The molecule has 0 fully saturated rings. The van der Waals surface area contributed by atoms with Crippen LogP contribution in [-0.2, 0) is 30.3 Å². The van der Waals surface area contributed by atoms with Gasteiger partial charge in [-0.1, -0.05) is 18.2 Å². The van der Waals surface area contributed by atoms with Crippen LogP contribution in [0, 0.1) is 0 Å². The van der Waals surface area contributed by atoms with Crippen molar-refractivity contribution >= 4 is 34.6 Å². The maximum absolute atomic E-state index is 12.4. The number of carbonyl (C=O) groups excluding carboxylic acids is 4. The second-order valence-electron chi connectivity index (χ2n) is 6.35. The van der Waals surface area contributed by atoms with Gasteiger partial charge in [0.1, 0.15) is 6.04 Å². The van der Waals surface area contributed by atoms with Crippen LogP contribution in [0.3, 0.4) is 0 Å². The highest BCUT2D eigenvalue weighted by molar-refractivity contribution is 5.89. The molecule has 0 saturated heterocycles. The van der Waals surface area contributed by atoms with Gasteiger partial charge in [-0.2, -0.15) is 0 Å². The molecule has 28 heavy (non-hydrogen) atoms. The molecule has 0 saturated carbocycles. The molecule has 0 bridgehead atoms. The Hall–Kier alpha value is -3.36. The lowest BCUT2D eigenvalue weighted by molar-refractivity contribution is -0.154. The van der Waals surface area contributed by atoms with Crippen LogP contribution in [0.4, 0.5) is 0 Å². The van der Waals surface area contributed by atoms with Gasteiger partial charge >= 0.3 is 5.97 Å². The summed E-state index contributed by atoms with van der Waals surface area (Å²) in [4.78, 5) is 51.5. The Balaban J connectivity index is 2.02. The highest BCUT2D eigenvalue weighted by Gasteiger charge is 2.24. The third-order valence-electron chi connectivity index (χ3n) is 4.18. The molecule has 0 aliphatic heterocycles. The van der Waals surface area contributed by atoms with E-state index < -0.39 is 24.5 Å². The molecular formula is C19H24N4O5. The molecule has 150 valence electrons. The molecule has 9 nitrogen and oxygen atoms in total. The van der Waals surface area contributed by atoms with Crippen molar-refractivity contribution in [3.8, 4) is 0 Å². The van der Waals surface area contributed by atoms with Crippen LogP contribution >= 0.6 is 0 Å². The fourth-order valence-electron chi connectivity index (χ4n) is 2.69. The number of aromatic nitrogens is 1. The first-order valence-electron chi connectivity index (χ1n) is 8.75. The third-order valence-corrected chi connectivity index (χ3v) is 4.18. The van der Waals surface area contributed by atoms with E-state index in [2.05, 4.69) is 15.6 Å². The highest BCUT2D eigenvalue weighted by Crippen LogP contribution is 2.19. The van der Waals surface area contributed by atoms with Gasteiger partial charge in [0.15, 0.2) is 6.61 Å². The van der Waals surface area contributed by atoms with E-state index in [1.54, 1.807) is 6.20 Å². The van der Waals surface area contributed by atoms with E-state index in [4.69, 9.17) is 4.74 Å². The number of likely N-dealkylation sites (N-methyl/N-ethyl adjacent to an activating group) is 2. The molecule has 0 aliphatic carbocycles. The SMILES string of the molecule is CNC(=O)CN(C)C(=O)COC(=O)[C@H](Cc1c[nH]c2ccccc12)NC(C)=O. The molecule has 0 unspecified atom stereocenters. The lowest BCUT2D eigenvalue weighted by atomic mass is 10.0. The first-order valence-corrected chi connectivity index (χ1v) is 8.75. The molecule has 0 spiro atoms. The molecule has 3 N–H and O–H groups in total. The number of para-hydroxylation sites is 1. The van der Waals surface area contributed by atoms with E-state index in [9.17, 15) is 19.2 Å². The summed E-state index contributed by atoms with van der Waals surface area (Å²) in [5.74, 6) is -1.96. The molecule has 9 heteroatoms. The molecule has 1 atom stereocenters. The summed E-state index contributed by atoms with van der Waals surface area (Å²) in [6.45, 7) is 0.644. The van der Waals surface area contributed by atoms with Gasteiger partial charge in [0.2, 0.25) is 11.8 Å². The number of amides is 3. The van der Waals surface area contributed by atoms with Crippen LogP contribution < -0.4 is 10.6 Å². The maximum atomic E-state index is 12.4. The molecule has 1 aromatic heterocycles. The summed E-state index contributed by atoms with van der Waals surface area (Å²) in [7, 11) is 2.89. The molecule has 0 radical (unpaired) electrons. The number of fused-ring (bicyclic) bond motifs is 1. The quantitative estimate of drug-likeness (QED) is 0.548. The summed E-state index contributed by atoms with van der Waals surface area (Å²) < 4.78 is 5.08. The summed E-state index contributed by atoms with van der Waals surface area (Å²) in [6.07, 6.45) is 1.99.